The van der Waals surface area contributed by atoms with Gasteiger partial charge in [0, 0.05) is 0 Å². The second-order valence-electron chi connectivity index (χ2n) is 2.79. The van der Waals surface area contributed by atoms with Crippen LogP contribution < -0.4 is 3.61 Å². The van der Waals surface area contributed by atoms with Crippen LogP contribution in [0.15, 0.2) is 40.0 Å². The number of hydrogen-bond acceptors (Lipinski definition) is 2. The van der Waals surface area contributed by atoms with E-state index in [1.807, 2.05) is 38.1 Å². The topological polar surface area (TPSA) is 26.3 Å². The van der Waals surface area contributed by atoms with E-state index in [0.29, 0.717) is 6.61 Å². The van der Waals surface area contributed by atoms with Gasteiger partial charge >= 0.3 is 101 Å². The summed E-state index contributed by atoms with van der Waals surface area (Å²) in [7, 11) is 0. The number of hydrogen-bond donors (Lipinski definition) is 0. The Morgan fingerprint density at radius 3 is 2.60 bits per heavy atom. The molecule has 0 unspecified atom stereocenters. The predicted octanol–water partition coefficient (Wildman–Crippen LogP) is 1.48. The molecule has 0 aromatic heterocycles. The summed E-state index contributed by atoms with van der Waals surface area (Å²) < 4.78 is 7.09. The molecule has 1 aromatic rings. The van der Waals surface area contributed by atoms with Gasteiger partial charge < -0.3 is 0 Å². The Balaban J connectivity index is 2.67. The van der Waals surface area contributed by atoms with E-state index >= 15 is 0 Å². The third kappa shape index (κ3) is 4.07. The Bertz CT molecular complexity index is 344. The van der Waals surface area contributed by atoms with Gasteiger partial charge in [0.1, 0.15) is 0 Å². The number of rotatable bonds is 4. The molecule has 0 heterocycles. The summed E-state index contributed by atoms with van der Waals surface area (Å²) in [5.41, 5.74) is 0. The van der Waals surface area contributed by atoms with E-state index < -0.39 is 20.9 Å². The summed E-state index contributed by atoms with van der Waals surface area (Å²) in [5, 5.41) is 0. The Hall–Kier alpha value is -0.780. The van der Waals surface area contributed by atoms with E-state index in [1.54, 1.807) is 0 Å². The molecule has 80 valence electrons. The molecule has 1 rings (SSSR count). The standard InChI is InChI=1S/C12H14O2Te/c1-3-11(12(13)14-4-2)15-10-8-6-5-7-9-10/h3,5-9H,4H2,1-2H3/b11-3+. The van der Waals surface area contributed by atoms with Crippen molar-refractivity contribution in [1.82, 2.24) is 0 Å². The molecule has 0 aliphatic heterocycles. The molecule has 0 radical (unpaired) electrons. The zero-order valence-electron chi connectivity index (χ0n) is 8.90. The van der Waals surface area contributed by atoms with Crippen molar-refractivity contribution in [3.05, 3.63) is 40.0 Å². The molecule has 0 N–H and O–H groups in total. The van der Waals surface area contributed by atoms with Crippen LogP contribution in [0.1, 0.15) is 13.8 Å². The molecule has 2 nitrogen and oxygen atoms in total. The molecule has 15 heavy (non-hydrogen) atoms. The molecule has 0 aliphatic rings. The molecule has 0 bridgehead atoms. The number of esters is 1. The zero-order chi connectivity index (χ0) is 11.1. The van der Waals surface area contributed by atoms with Gasteiger partial charge in [-0.25, -0.2) is 0 Å². The number of carbonyl (C=O) groups is 1. The van der Waals surface area contributed by atoms with Gasteiger partial charge in [-0.1, -0.05) is 0 Å². The third-order valence-electron chi connectivity index (χ3n) is 1.71. The van der Waals surface area contributed by atoms with Crippen LogP contribution in [0.5, 0.6) is 0 Å². The maximum atomic E-state index is 11.5. The average molecular weight is 318 g/mol. The first-order valence-corrected chi connectivity index (χ1v) is 7.17. The monoisotopic (exact) mass is 320 g/mol. The summed E-state index contributed by atoms with van der Waals surface area (Å²) in [6.07, 6.45) is 1.87. The summed E-state index contributed by atoms with van der Waals surface area (Å²) in [5.74, 6) is -0.161. The van der Waals surface area contributed by atoms with Gasteiger partial charge in [0.25, 0.3) is 0 Å². The number of benzene rings is 1. The normalized spacial score (nSPS) is 11.2. The molecule has 0 saturated carbocycles. The van der Waals surface area contributed by atoms with E-state index in [2.05, 4.69) is 12.1 Å². The Morgan fingerprint density at radius 1 is 1.40 bits per heavy atom. The minimum atomic E-state index is -0.595. The van der Waals surface area contributed by atoms with Gasteiger partial charge in [0.05, 0.1) is 0 Å². The summed E-state index contributed by atoms with van der Waals surface area (Å²) >= 11 is -0.595. The molecular weight excluding hydrogens is 304 g/mol. The predicted molar refractivity (Wildman–Crippen MR) is 62.2 cm³/mol. The van der Waals surface area contributed by atoms with Crippen LogP contribution in [0.25, 0.3) is 0 Å². The Morgan fingerprint density at radius 2 is 2.07 bits per heavy atom. The third-order valence-corrected chi connectivity index (χ3v) is 4.94. The van der Waals surface area contributed by atoms with Crippen LogP contribution in [0, 0.1) is 0 Å². The van der Waals surface area contributed by atoms with Crippen molar-refractivity contribution in [2.75, 3.05) is 6.61 Å². The molecule has 0 spiro atoms. The fraction of sp³-hybridized carbons (Fsp3) is 0.250. The van der Waals surface area contributed by atoms with E-state index in [1.165, 1.54) is 3.61 Å². The molecule has 0 fully saturated rings. The second-order valence-corrected chi connectivity index (χ2v) is 5.97. The van der Waals surface area contributed by atoms with Gasteiger partial charge in [0.15, 0.2) is 0 Å². The zero-order valence-corrected chi connectivity index (χ0v) is 11.2. The number of ether oxygens (including phenoxy) is 1. The molecule has 0 atom stereocenters. The number of allylic oxidation sites excluding steroid dienone is 1. The first kappa shape index (κ1) is 12.3. The van der Waals surface area contributed by atoms with Crippen LogP contribution in [0.2, 0.25) is 0 Å². The van der Waals surface area contributed by atoms with E-state index in [-0.39, 0.29) is 5.97 Å². The Kier molecular flexibility index (Phi) is 5.45. The van der Waals surface area contributed by atoms with Crippen LogP contribution >= 0.6 is 0 Å². The van der Waals surface area contributed by atoms with E-state index in [9.17, 15) is 4.79 Å². The van der Waals surface area contributed by atoms with Crippen LogP contribution in [-0.2, 0) is 9.53 Å². The van der Waals surface area contributed by atoms with Gasteiger partial charge in [-0.2, -0.15) is 0 Å². The maximum absolute atomic E-state index is 11.5. The summed E-state index contributed by atoms with van der Waals surface area (Å²) in [6, 6.07) is 10.1. The minimum absolute atomic E-state index is 0.161. The van der Waals surface area contributed by atoms with Crippen molar-refractivity contribution in [1.29, 1.82) is 0 Å². The summed E-state index contributed by atoms with van der Waals surface area (Å²) in [4.78, 5) is 11.5. The molecule has 0 aliphatic carbocycles. The molecule has 0 amide bonds. The first-order valence-electron chi connectivity index (χ1n) is 4.84. The van der Waals surface area contributed by atoms with E-state index in [4.69, 9.17) is 4.74 Å². The SMILES string of the molecule is C/C=C(/[Te]c1ccccc1)C(=O)OCC. The van der Waals surface area contributed by atoms with Gasteiger partial charge in [-0.3, -0.25) is 0 Å². The van der Waals surface area contributed by atoms with Crippen LogP contribution in [0.4, 0.5) is 0 Å². The number of carbonyl (C=O) groups excluding carboxylic acids is 1. The van der Waals surface area contributed by atoms with Crippen molar-refractivity contribution in [3.63, 3.8) is 0 Å². The van der Waals surface area contributed by atoms with Crippen LogP contribution in [0.3, 0.4) is 0 Å². The van der Waals surface area contributed by atoms with Crippen molar-refractivity contribution in [3.8, 4) is 0 Å². The van der Waals surface area contributed by atoms with Crippen molar-refractivity contribution in [2.24, 2.45) is 0 Å². The molecule has 1 aromatic carbocycles. The summed E-state index contributed by atoms with van der Waals surface area (Å²) in [6.45, 7) is 4.16. The van der Waals surface area contributed by atoms with E-state index in [0.717, 1.165) is 3.62 Å². The quantitative estimate of drug-likeness (QED) is 0.478. The second kappa shape index (κ2) is 6.66. The molecule has 0 saturated heterocycles. The fourth-order valence-electron chi connectivity index (χ4n) is 1.04. The van der Waals surface area contributed by atoms with Crippen molar-refractivity contribution >= 4 is 30.5 Å². The Labute approximate surface area is 100 Å². The van der Waals surface area contributed by atoms with Crippen LogP contribution in [-0.4, -0.2) is 33.5 Å². The molecular formula is C12H14O2Te. The fourth-order valence-corrected chi connectivity index (χ4v) is 3.34. The average Bonchev–Trinajstić information content (AvgIpc) is 2.27. The van der Waals surface area contributed by atoms with Crippen molar-refractivity contribution in [2.45, 2.75) is 13.8 Å². The first-order chi connectivity index (χ1) is 7.27. The molecule has 3 heteroatoms. The van der Waals surface area contributed by atoms with Gasteiger partial charge in [-0.05, 0) is 0 Å². The van der Waals surface area contributed by atoms with Gasteiger partial charge in [-0.15, -0.1) is 0 Å². The van der Waals surface area contributed by atoms with Gasteiger partial charge in [0.2, 0.25) is 0 Å². The van der Waals surface area contributed by atoms with Crippen molar-refractivity contribution < 1.29 is 9.53 Å².